The number of halogens is 1. The third-order valence-corrected chi connectivity index (χ3v) is 3.95. The van der Waals surface area contributed by atoms with Gasteiger partial charge in [0.05, 0.1) is 5.56 Å². The number of rotatable bonds is 2. The monoisotopic (exact) mass is 289 g/mol. The molecule has 0 saturated heterocycles. The van der Waals surface area contributed by atoms with E-state index in [2.05, 4.69) is 11.8 Å². The molecule has 1 aliphatic carbocycles. The first-order chi connectivity index (χ1) is 10.1. The molecule has 21 heavy (non-hydrogen) atoms. The van der Waals surface area contributed by atoms with Gasteiger partial charge >= 0.3 is 0 Å². The molecule has 1 fully saturated rings. The quantitative estimate of drug-likeness (QED) is 0.850. The number of hydrogen-bond acceptors (Lipinski definition) is 2. The van der Waals surface area contributed by atoms with Gasteiger partial charge in [0.1, 0.15) is 12.4 Å². The van der Waals surface area contributed by atoms with E-state index in [1.54, 1.807) is 18.0 Å². The molecule has 3 nitrogen and oxygen atoms in total. The topological polar surface area (TPSA) is 40.5 Å². The third-order valence-electron chi connectivity index (χ3n) is 3.95. The van der Waals surface area contributed by atoms with Gasteiger partial charge in [-0.15, -0.1) is 0 Å². The number of aliphatic hydroxyl groups is 1. The molecular weight excluding hydrogens is 269 g/mol. The first kappa shape index (κ1) is 15.5. The SMILES string of the molecule is CN(C(=O)c1ccc(C#CCO)cc1F)C1CCCCC1. The largest absolute Gasteiger partial charge is 0.384 e. The molecule has 0 bridgehead atoms. The lowest BCUT2D eigenvalue weighted by Crippen LogP contribution is -2.38. The minimum absolute atomic E-state index is 0.0811. The smallest absolute Gasteiger partial charge is 0.256 e. The summed E-state index contributed by atoms with van der Waals surface area (Å²) in [5, 5.41) is 8.63. The summed E-state index contributed by atoms with van der Waals surface area (Å²) in [6, 6.07) is 4.52. The van der Waals surface area contributed by atoms with Crippen molar-refractivity contribution in [3.8, 4) is 11.8 Å². The van der Waals surface area contributed by atoms with Crippen LogP contribution in [0.25, 0.3) is 0 Å². The van der Waals surface area contributed by atoms with E-state index < -0.39 is 5.82 Å². The number of carbonyl (C=O) groups is 1. The molecule has 1 N–H and O–H groups in total. The molecule has 1 amide bonds. The summed E-state index contributed by atoms with van der Waals surface area (Å²) in [5.74, 6) is 4.25. The Balaban J connectivity index is 2.14. The minimum atomic E-state index is -0.563. The molecule has 1 aliphatic rings. The van der Waals surface area contributed by atoms with Crippen molar-refractivity contribution in [3.63, 3.8) is 0 Å². The summed E-state index contributed by atoms with van der Waals surface area (Å²) in [7, 11) is 1.75. The van der Waals surface area contributed by atoms with E-state index >= 15 is 0 Å². The van der Waals surface area contributed by atoms with Crippen molar-refractivity contribution >= 4 is 5.91 Å². The lowest BCUT2D eigenvalue weighted by molar-refractivity contribution is 0.0691. The van der Waals surface area contributed by atoms with Crippen molar-refractivity contribution in [2.75, 3.05) is 13.7 Å². The van der Waals surface area contributed by atoms with E-state index in [0.717, 1.165) is 25.7 Å². The van der Waals surface area contributed by atoms with Crippen LogP contribution in [0.2, 0.25) is 0 Å². The molecule has 0 spiro atoms. The maximum Gasteiger partial charge on any atom is 0.256 e. The maximum atomic E-state index is 14.1. The van der Waals surface area contributed by atoms with Crippen molar-refractivity contribution in [2.45, 2.75) is 38.1 Å². The standard InChI is InChI=1S/C17H20FNO2/c1-19(14-7-3-2-4-8-14)17(21)15-10-9-13(6-5-11-20)12-16(15)18/h9-10,12,14,20H,2-4,7-8,11H2,1H3. The Morgan fingerprint density at radius 3 is 2.71 bits per heavy atom. The normalized spacial score (nSPS) is 15.2. The first-order valence-electron chi connectivity index (χ1n) is 7.30. The fourth-order valence-electron chi connectivity index (χ4n) is 2.73. The van der Waals surface area contributed by atoms with Crippen LogP contribution >= 0.6 is 0 Å². The average molecular weight is 289 g/mol. The molecule has 0 radical (unpaired) electrons. The molecule has 2 rings (SSSR count). The summed E-state index contributed by atoms with van der Waals surface area (Å²) in [5.41, 5.74) is 0.538. The number of nitrogens with zero attached hydrogens (tertiary/aromatic N) is 1. The second kappa shape index (κ2) is 7.24. The molecule has 1 aromatic carbocycles. The van der Waals surface area contributed by atoms with E-state index in [0.29, 0.717) is 5.56 Å². The lowest BCUT2D eigenvalue weighted by atomic mass is 9.94. The number of amides is 1. The first-order valence-corrected chi connectivity index (χ1v) is 7.30. The van der Waals surface area contributed by atoms with Gasteiger partial charge in [-0.2, -0.15) is 0 Å². The van der Waals surface area contributed by atoms with Crippen LogP contribution < -0.4 is 0 Å². The van der Waals surface area contributed by atoms with Crippen molar-refractivity contribution in [1.82, 2.24) is 4.90 Å². The summed E-state index contributed by atoms with van der Waals surface area (Å²) in [4.78, 5) is 14.1. The maximum absolute atomic E-state index is 14.1. The van der Waals surface area contributed by atoms with Gasteiger partial charge < -0.3 is 10.0 Å². The highest BCUT2D eigenvalue weighted by Crippen LogP contribution is 2.23. The Labute approximate surface area is 124 Å². The van der Waals surface area contributed by atoms with E-state index in [9.17, 15) is 9.18 Å². The van der Waals surface area contributed by atoms with E-state index in [-0.39, 0.29) is 24.1 Å². The van der Waals surface area contributed by atoms with Crippen LogP contribution in [0.4, 0.5) is 4.39 Å². The molecule has 0 heterocycles. The number of carbonyl (C=O) groups excluding carboxylic acids is 1. The lowest BCUT2D eigenvalue weighted by Gasteiger charge is -2.31. The highest BCUT2D eigenvalue weighted by molar-refractivity contribution is 5.94. The second-order valence-electron chi connectivity index (χ2n) is 5.36. The Morgan fingerprint density at radius 2 is 2.10 bits per heavy atom. The zero-order chi connectivity index (χ0) is 15.2. The molecule has 1 aromatic rings. The van der Waals surface area contributed by atoms with Crippen molar-refractivity contribution in [3.05, 3.63) is 35.1 Å². The molecule has 0 unspecified atom stereocenters. The van der Waals surface area contributed by atoms with Gasteiger partial charge in [-0.1, -0.05) is 31.1 Å². The van der Waals surface area contributed by atoms with Crippen LogP contribution in [0.5, 0.6) is 0 Å². The zero-order valence-corrected chi connectivity index (χ0v) is 12.2. The molecule has 112 valence electrons. The van der Waals surface area contributed by atoms with Gasteiger partial charge in [0, 0.05) is 18.7 Å². The van der Waals surface area contributed by atoms with Crippen LogP contribution in [-0.4, -0.2) is 35.6 Å². The molecule has 4 heteroatoms. The van der Waals surface area contributed by atoms with Crippen LogP contribution in [0.15, 0.2) is 18.2 Å². The zero-order valence-electron chi connectivity index (χ0n) is 12.2. The van der Waals surface area contributed by atoms with Gasteiger partial charge in [-0.05, 0) is 31.0 Å². The highest BCUT2D eigenvalue weighted by Gasteiger charge is 2.24. The van der Waals surface area contributed by atoms with Crippen LogP contribution in [-0.2, 0) is 0 Å². The Hall–Kier alpha value is -1.86. The summed E-state index contributed by atoms with van der Waals surface area (Å²) in [6.45, 7) is -0.271. The number of hydrogen-bond donors (Lipinski definition) is 1. The minimum Gasteiger partial charge on any atom is -0.384 e. The molecule has 0 atom stereocenters. The Morgan fingerprint density at radius 1 is 1.38 bits per heavy atom. The Bertz CT molecular complexity index is 568. The van der Waals surface area contributed by atoms with Crippen LogP contribution in [0.3, 0.4) is 0 Å². The fraction of sp³-hybridized carbons (Fsp3) is 0.471. The van der Waals surface area contributed by atoms with Gasteiger partial charge in [-0.3, -0.25) is 4.79 Å². The molecule has 0 aromatic heterocycles. The van der Waals surface area contributed by atoms with Crippen molar-refractivity contribution in [1.29, 1.82) is 0 Å². The van der Waals surface area contributed by atoms with E-state index in [1.165, 1.54) is 18.6 Å². The molecular formula is C17H20FNO2. The summed E-state index contributed by atoms with van der Waals surface area (Å²) in [6.07, 6.45) is 5.44. The van der Waals surface area contributed by atoms with Crippen LogP contribution in [0, 0.1) is 17.7 Å². The van der Waals surface area contributed by atoms with E-state index in [4.69, 9.17) is 5.11 Å². The highest BCUT2D eigenvalue weighted by atomic mass is 19.1. The second-order valence-corrected chi connectivity index (χ2v) is 5.36. The fourth-order valence-corrected chi connectivity index (χ4v) is 2.73. The van der Waals surface area contributed by atoms with Gasteiger partial charge in [-0.25, -0.2) is 4.39 Å². The number of benzene rings is 1. The molecule has 0 aliphatic heterocycles. The van der Waals surface area contributed by atoms with Gasteiger partial charge in [0.2, 0.25) is 0 Å². The summed E-state index contributed by atoms with van der Waals surface area (Å²) >= 11 is 0. The van der Waals surface area contributed by atoms with Gasteiger partial charge in [0.25, 0.3) is 5.91 Å². The number of aliphatic hydroxyl groups excluding tert-OH is 1. The van der Waals surface area contributed by atoms with Crippen molar-refractivity contribution in [2.24, 2.45) is 0 Å². The van der Waals surface area contributed by atoms with Gasteiger partial charge in [0.15, 0.2) is 0 Å². The van der Waals surface area contributed by atoms with Crippen molar-refractivity contribution < 1.29 is 14.3 Å². The average Bonchev–Trinajstić information content (AvgIpc) is 2.52. The summed E-state index contributed by atoms with van der Waals surface area (Å²) < 4.78 is 14.1. The Kier molecular flexibility index (Phi) is 5.35. The predicted octanol–water partition coefficient (Wildman–Crippen LogP) is 2.57. The van der Waals surface area contributed by atoms with Crippen LogP contribution in [0.1, 0.15) is 48.0 Å². The predicted molar refractivity (Wildman–Crippen MR) is 79.3 cm³/mol. The van der Waals surface area contributed by atoms with E-state index in [1.807, 2.05) is 0 Å². The third kappa shape index (κ3) is 3.83. The molecule has 1 saturated carbocycles.